The smallest absolute Gasteiger partial charge is 0.269 e. The lowest BCUT2D eigenvalue weighted by Gasteiger charge is -2.11. The molecule has 24 heavy (non-hydrogen) atoms. The zero-order valence-electron chi connectivity index (χ0n) is 13.7. The van der Waals surface area contributed by atoms with Crippen molar-refractivity contribution in [2.24, 2.45) is 0 Å². The highest BCUT2D eigenvalue weighted by Crippen LogP contribution is 2.27. The third-order valence-electron chi connectivity index (χ3n) is 3.75. The first-order valence-electron chi connectivity index (χ1n) is 7.45. The topological polar surface area (TPSA) is 61.2 Å². The summed E-state index contributed by atoms with van der Waals surface area (Å²) in [6, 6.07) is 14.1. The average Bonchev–Trinajstić information content (AvgIpc) is 2.98. The summed E-state index contributed by atoms with van der Waals surface area (Å²) in [4.78, 5) is 4.59. The van der Waals surface area contributed by atoms with Gasteiger partial charge in [0.05, 0.1) is 17.7 Å². The molecule has 0 aliphatic carbocycles. The van der Waals surface area contributed by atoms with Gasteiger partial charge in [-0.15, -0.1) is 0 Å². The maximum Gasteiger partial charge on any atom is 0.269 e. The fourth-order valence-electron chi connectivity index (χ4n) is 2.56. The van der Waals surface area contributed by atoms with Crippen LogP contribution in [-0.2, 0) is 10.0 Å². The van der Waals surface area contributed by atoms with Gasteiger partial charge in [-0.25, -0.2) is 17.4 Å². The van der Waals surface area contributed by atoms with E-state index in [0.717, 1.165) is 11.1 Å². The SMILES string of the molecule is COc1ccc(S(=O)(=O)n2cc(C)nc2-c2ccccc2)cc1C. The number of imidazole rings is 1. The van der Waals surface area contributed by atoms with Crippen LogP contribution in [0.4, 0.5) is 0 Å². The number of nitrogens with zero attached hydrogens (tertiary/aromatic N) is 2. The Morgan fingerprint density at radius 1 is 1.04 bits per heavy atom. The van der Waals surface area contributed by atoms with Crippen LogP contribution in [0, 0.1) is 13.8 Å². The molecule has 0 bridgehead atoms. The Hall–Kier alpha value is -2.60. The van der Waals surface area contributed by atoms with Crippen LogP contribution in [0.1, 0.15) is 11.3 Å². The highest BCUT2D eigenvalue weighted by atomic mass is 32.2. The van der Waals surface area contributed by atoms with Crippen molar-refractivity contribution in [2.75, 3.05) is 7.11 Å². The van der Waals surface area contributed by atoms with Crippen LogP contribution in [-0.4, -0.2) is 24.5 Å². The quantitative estimate of drug-likeness (QED) is 0.729. The van der Waals surface area contributed by atoms with Gasteiger partial charge in [0.25, 0.3) is 10.0 Å². The van der Waals surface area contributed by atoms with Gasteiger partial charge in [-0.1, -0.05) is 30.3 Å². The molecule has 3 aromatic rings. The van der Waals surface area contributed by atoms with E-state index in [9.17, 15) is 8.42 Å². The highest BCUT2D eigenvalue weighted by molar-refractivity contribution is 7.90. The van der Waals surface area contributed by atoms with E-state index in [4.69, 9.17) is 4.74 Å². The van der Waals surface area contributed by atoms with Gasteiger partial charge in [-0.05, 0) is 37.6 Å². The third-order valence-corrected chi connectivity index (χ3v) is 5.40. The van der Waals surface area contributed by atoms with Gasteiger partial charge in [0.15, 0.2) is 5.82 Å². The number of rotatable bonds is 4. The van der Waals surface area contributed by atoms with Crippen LogP contribution in [0.15, 0.2) is 59.6 Å². The minimum absolute atomic E-state index is 0.204. The highest BCUT2D eigenvalue weighted by Gasteiger charge is 2.23. The van der Waals surface area contributed by atoms with Gasteiger partial charge in [-0.2, -0.15) is 0 Å². The first-order valence-corrected chi connectivity index (χ1v) is 8.89. The molecule has 0 saturated heterocycles. The van der Waals surface area contributed by atoms with Gasteiger partial charge in [0, 0.05) is 11.8 Å². The number of aromatic nitrogens is 2. The van der Waals surface area contributed by atoms with E-state index in [1.165, 1.54) is 10.2 Å². The van der Waals surface area contributed by atoms with E-state index in [1.54, 1.807) is 32.2 Å². The number of benzene rings is 2. The van der Waals surface area contributed by atoms with Crippen LogP contribution in [0.2, 0.25) is 0 Å². The number of ether oxygens (including phenoxy) is 1. The fourth-order valence-corrected chi connectivity index (χ4v) is 4.02. The normalized spacial score (nSPS) is 11.5. The Bertz CT molecular complexity index is 977. The Balaban J connectivity index is 2.16. The van der Waals surface area contributed by atoms with Gasteiger partial charge in [0.1, 0.15) is 5.75 Å². The largest absolute Gasteiger partial charge is 0.496 e. The number of hydrogen-bond acceptors (Lipinski definition) is 4. The second-order valence-electron chi connectivity index (χ2n) is 5.50. The maximum absolute atomic E-state index is 13.1. The molecule has 0 spiro atoms. The van der Waals surface area contributed by atoms with Gasteiger partial charge in [0.2, 0.25) is 0 Å². The molecule has 0 atom stereocenters. The van der Waals surface area contributed by atoms with Crippen LogP contribution in [0.25, 0.3) is 11.4 Å². The van der Waals surface area contributed by atoms with Crippen LogP contribution in [0.5, 0.6) is 5.75 Å². The van der Waals surface area contributed by atoms with E-state index < -0.39 is 10.0 Å². The lowest BCUT2D eigenvalue weighted by molar-refractivity contribution is 0.411. The Morgan fingerprint density at radius 2 is 1.75 bits per heavy atom. The summed E-state index contributed by atoms with van der Waals surface area (Å²) in [6.07, 6.45) is 1.54. The molecular formula is C18H18N2O3S. The molecule has 5 nitrogen and oxygen atoms in total. The summed E-state index contributed by atoms with van der Waals surface area (Å²) in [5.41, 5.74) is 2.15. The lowest BCUT2D eigenvalue weighted by atomic mass is 10.2. The molecule has 0 aliphatic heterocycles. The number of methoxy groups -OCH3 is 1. The molecule has 1 heterocycles. The third kappa shape index (κ3) is 2.80. The summed E-state index contributed by atoms with van der Waals surface area (Å²) in [7, 11) is -2.19. The summed E-state index contributed by atoms with van der Waals surface area (Å²) >= 11 is 0. The molecule has 0 aliphatic rings. The molecular weight excluding hydrogens is 324 g/mol. The number of aryl methyl sites for hydroxylation is 2. The Kier molecular flexibility index (Phi) is 4.15. The van der Waals surface area contributed by atoms with Crippen molar-refractivity contribution >= 4 is 10.0 Å². The number of hydrogen-bond donors (Lipinski definition) is 0. The summed E-state index contributed by atoms with van der Waals surface area (Å²) in [5, 5.41) is 0. The van der Waals surface area contributed by atoms with E-state index in [2.05, 4.69) is 4.98 Å². The molecule has 0 fully saturated rings. The standard InChI is InChI=1S/C18H18N2O3S/c1-13-11-16(9-10-17(13)23-3)24(21,22)20-12-14(2)19-18(20)15-7-5-4-6-8-15/h4-12H,1-3H3. The molecule has 124 valence electrons. The van der Waals surface area contributed by atoms with Crippen molar-refractivity contribution < 1.29 is 13.2 Å². The van der Waals surface area contributed by atoms with Crippen molar-refractivity contribution in [3.8, 4) is 17.1 Å². The van der Waals surface area contributed by atoms with Crippen LogP contribution >= 0.6 is 0 Å². The van der Waals surface area contributed by atoms with Crippen molar-refractivity contribution in [2.45, 2.75) is 18.7 Å². The predicted octanol–water partition coefficient (Wildman–Crippen LogP) is 3.41. The molecule has 3 rings (SSSR count). The van der Waals surface area contributed by atoms with Gasteiger partial charge >= 0.3 is 0 Å². The summed E-state index contributed by atoms with van der Waals surface area (Å²) in [5.74, 6) is 1.06. The summed E-state index contributed by atoms with van der Waals surface area (Å²) < 4.78 is 32.6. The van der Waals surface area contributed by atoms with Crippen molar-refractivity contribution in [1.29, 1.82) is 0 Å². The van der Waals surface area contributed by atoms with E-state index in [1.807, 2.05) is 37.3 Å². The average molecular weight is 342 g/mol. The Labute approximate surface area is 141 Å². The van der Waals surface area contributed by atoms with Crippen molar-refractivity contribution in [3.63, 3.8) is 0 Å². The molecule has 0 amide bonds. The second kappa shape index (κ2) is 6.13. The van der Waals surface area contributed by atoms with Crippen molar-refractivity contribution in [1.82, 2.24) is 8.96 Å². The minimum Gasteiger partial charge on any atom is -0.496 e. The molecule has 2 aromatic carbocycles. The zero-order valence-corrected chi connectivity index (χ0v) is 14.5. The molecule has 0 radical (unpaired) electrons. The fraction of sp³-hybridized carbons (Fsp3) is 0.167. The van der Waals surface area contributed by atoms with Crippen LogP contribution in [0.3, 0.4) is 0 Å². The molecule has 6 heteroatoms. The van der Waals surface area contributed by atoms with Crippen LogP contribution < -0.4 is 4.74 Å². The first kappa shape index (κ1) is 16.3. The lowest BCUT2D eigenvalue weighted by Crippen LogP contribution is -2.14. The molecule has 0 saturated carbocycles. The second-order valence-corrected chi connectivity index (χ2v) is 7.32. The molecule has 1 aromatic heterocycles. The summed E-state index contributed by atoms with van der Waals surface area (Å²) in [6.45, 7) is 3.59. The van der Waals surface area contributed by atoms with Gasteiger partial charge < -0.3 is 4.74 Å². The maximum atomic E-state index is 13.1. The monoisotopic (exact) mass is 342 g/mol. The predicted molar refractivity (Wildman–Crippen MR) is 92.7 cm³/mol. The van der Waals surface area contributed by atoms with E-state index in [-0.39, 0.29) is 4.90 Å². The minimum atomic E-state index is -3.75. The Morgan fingerprint density at radius 3 is 2.38 bits per heavy atom. The molecule has 0 unspecified atom stereocenters. The van der Waals surface area contributed by atoms with E-state index >= 15 is 0 Å². The van der Waals surface area contributed by atoms with Crippen molar-refractivity contribution in [3.05, 3.63) is 66.0 Å². The first-order chi connectivity index (χ1) is 11.4. The zero-order chi connectivity index (χ0) is 17.3. The molecule has 0 N–H and O–H groups in total. The van der Waals surface area contributed by atoms with E-state index in [0.29, 0.717) is 17.3 Å². The van der Waals surface area contributed by atoms with Gasteiger partial charge in [-0.3, -0.25) is 0 Å².